The van der Waals surface area contributed by atoms with Crippen LogP contribution >= 0.6 is 11.3 Å². The molecule has 6 heteroatoms. The minimum absolute atomic E-state index is 0.261. The summed E-state index contributed by atoms with van der Waals surface area (Å²) in [6.45, 7) is 3.78. The van der Waals surface area contributed by atoms with Crippen LogP contribution in [0.1, 0.15) is 36.1 Å². The van der Waals surface area contributed by atoms with Gasteiger partial charge in [-0.2, -0.15) is 0 Å². The van der Waals surface area contributed by atoms with Gasteiger partial charge in [0.1, 0.15) is 6.61 Å². The van der Waals surface area contributed by atoms with Crippen LogP contribution in [0.15, 0.2) is 35.7 Å². The predicted molar refractivity (Wildman–Crippen MR) is 108 cm³/mol. The average molecular weight is 389 g/mol. The first-order chi connectivity index (χ1) is 13.3. The molecule has 0 bridgehead atoms. The number of thiophene rings is 1. The number of rotatable bonds is 9. The van der Waals surface area contributed by atoms with E-state index in [9.17, 15) is 4.79 Å². The number of carbonyl (C=O) groups excluding carboxylic acids is 1. The van der Waals surface area contributed by atoms with Crippen LogP contribution in [0.25, 0.3) is 0 Å². The van der Waals surface area contributed by atoms with Crippen LogP contribution in [0.5, 0.6) is 11.5 Å². The zero-order valence-electron chi connectivity index (χ0n) is 15.9. The van der Waals surface area contributed by atoms with Crippen molar-refractivity contribution in [2.24, 2.45) is 0 Å². The van der Waals surface area contributed by atoms with E-state index in [0.717, 1.165) is 43.0 Å². The first-order valence-corrected chi connectivity index (χ1v) is 10.4. The maximum atomic E-state index is 12.2. The zero-order chi connectivity index (χ0) is 18.9. The molecule has 0 unspecified atom stereocenters. The largest absolute Gasteiger partial charge is 0.493 e. The van der Waals surface area contributed by atoms with E-state index in [2.05, 4.69) is 11.4 Å². The molecule has 1 aromatic heterocycles. The molecule has 0 spiro atoms. The molecule has 1 aliphatic rings. The molecular formula is C21H28N2O3S. The number of piperidine rings is 1. The second-order valence-electron chi connectivity index (χ2n) is 6.72. The lowest BCUT2D eigenvalue weighted by Gasteiger charge is -2.26. The number of hydrogen-bond donors (Lipinski definition) is 1. The number of likely N-dealkylation sites (tertiary alicyclic amines) is 1. The molecule has 3 rings (SSSR count). The minimum Gasteiger partial charge on any atom is -0.493 e. The molecule has 146 valence electrons. The van der Waals surface area contributed by atoms with Crippen molar-refractivity contribution in [1.29, 1.82) is 0 Å². The van der Waals surface area contributed by atoms with Crippen molar-refractivity contribution in [3.8, 4) is 11.5 Å². The lowest BCUT2D eigenvalue weighted by Crippen LogP contribution is -2.37. The van der Waals surface area contributed by atoms with Crippen LogP contribution in [0, 0.1) is 0 Å². The summed E-state index contributed by atoms with van der Waals surface area (Å²) in [4.78, 5) is 15.3. The number of amides is 1. The van der Waals surface area contributed by atoms with E-state index in [1.807, 2.05) is 34.5 Å². The lowest BCUT2D eigenvalue weighted by molar-refractivity contribution is -0.131. The summed E-state index contributed by atoms with van der Waals surface area (Å²) in [5.41, 5.74) is 1.11. The molecule has 1 fully saturated rings. The Hall–Kier alpha value is -2.05. The van der Waals surface area contributed by atoms with E-state index in [-0.39, 0.29) is 5.91 Å². The molecule has 1 aliphatic heterocycles. The molecule has 27 heavy (non-hydrogen) atoms. The number of methoxy groups -OCH3 is 1. The van der Waals surface area contributed by atoms with Crippen LogP contribution < -0.4 is 14.8 Å². The number of nitrogens with one attached hydrogen (secondary N) is 1. The van der Waals surface area contributed by atoms with Gasteiger partial charge in [-0.25, -0.2) is 0 Å². The highest BCUT2D eigenvalue weighted by Crippen LogP contribution is 2.29. The van der Waals surface area contributed by atoms with E-state index in [1.54, 1.807) is 18.4 Å². The number of nitrogens with zero attached hydrogens (tertiary/aromatic N) is 1. The van der Waals surface area contributed by atoms with E-state index in [0.29, 0.717) is 26.1 Å². The number of ether oxygens (including phenoxy) is 2. The highest BCUT2D eigenvalue weighted by atomic mass is 32.1. The average Bonchev–Trinajstić information content (AvgIpc) is 3.24. The van der Waals surface area contributed by atoms with E-state index in [1.165, 1.54) is 11.3 Å². The summed E-state index contributed by atoms with van der Waals surface area (Å²) in [5.74, 6) is 1.74. The fourth-order valence-electron chi connectivity index (χ4n) is 3.21. The summed E-state index contributed by atoms with van der Waals surface area (Å²) in [6, 6.07) is 10.0. The molecule has 1 amide bonds. The summed E-state index contributed by atoms with van der Waals surface area (Å²) in [6.07, 6.45) is 4.08. The molecule has 2 heterocycles. The molecule has 0 atom stereocenters. The second-order valence-corrected chi connectivity index (χ2v) is 7.75. The van der Waals surface area contributed by atoms with Crippen LogP contribution in [-0.4, -0.2) is 37.6 Å². The van der Waals surface area contributed by atoms with Gasteiger partial charge >= 0.3 is 0 Å². The quantitative estimate of drug-likeness (QED) is 0.664. The highest BCUT2D eigenvalue weighted by Gasteiger charge is 2.15. The Morgan fingerprint density at radius 2 is 2.04 bits per heavy atom. The SMILES string of the molecule is COc1cc(CNCCC(=O)N2CCCCC2)ccc1OCc1cccs1. The maximum Gasteiger partial charge on any atom is 0.223 e. The van der Waals surface area contributed by atoms with Gasteiger partial charge in [-0.15, -0.1) is 11.3 Å². The molecule has 0 saturated carbocycles. The number of benzene rings is 1. The van der Waals surface area contributed by atoms with Gasteiger partial charge in [-0.05, 0) is 48.4 Å². The minimum atomic E-state index is 0.261. The van der Waals surface area contributed by atoms with Gasteiger partial charge in [0.25, 0.3) is 0 Å². The molecular weight excluding hydrogens is 360 g/mol. The Morgan fingerprint density at radius 1 is 1.19 bits per heavy atom. The Bertz CT molecular complexity index is 712. The van der Waals surface area contributed by atoms with Gasteiger partial charge in [0.05, 0.1) is 7.11 Å². The zero-order valence-corrected chi connectivity index (χ0v) is 16.7. The van der Waals surface area contributed by atoms with Crippen LogP contribution in [0.2, 0.25) is 0 Å². The van der Waals surface area contributed by atoms with Gasteiger partial charge in [-0.1, -0.05) is 12.1 Å². The molecule has 0 radical (unpaired) electrons. The van der Waals surface area contributed by atoms with Gasteiger partial charge in [0.15, 0.2) is 11.5 Å². The van der Waals surface area contributed by atoms with Crippen molar-refractivity contribution < 1.29 is 14.3 Å². The van der Waals surface area contributed by atoms with Gasteiger partial charge in [0, 0.05) is 37.5 Å². The lowest BCUT2D eigenvalue weighted by atomic mass is 10.1. The summed E-state index contributed by atoms with van der Waals surface area (Å²) < 4.78 is 11.3. The monoisotopic (exact) mass is 388 g/mol. The Morgan fingerprint density at radius 3 is 2.78 bits per heavy atom. The molecule has 1 saturated heterocycles. The Balaban J connectivity index is 1.43. The molecule has 1 aromatic carbocycles. The molecule has 1 N–H and O–H groups in total. The predicted octanol–water partition coefficient (Wildman–Crippen LogP) is 3.83. The topological polar surface area (TPSA) is 50.8 Å². The van der Waals surface area contributed by atoms with Crippen molar-refractivity contribution in [2.75, 3.05) is 26.7 Å². The number of carbonyl (C=O) groups is 1. The van der Waals surface area contributed by atoms with Crippen molar-refractivity contribution >= 4 is 17.2 Å². The third-order valence-corrected chi connectivity index (χ3v) is 5.58. The molecule has 2 aromatic rings. The van der Waals surface area contributed by atoms with Crippen LogP contribution in [0.4, 0.5) is 0 Å². The molecule has 0 aliphatic carbocycles. The Labute approximate surface area is 165 Å². The van der Waals surface area contributed by atoms with E-state index < -0.39 is 0 Å². The van der Waals surface area contributed by atoms with Gasteiger partial charge in [0.2, 0.25) is 5.91 Å². The van der Waals surface area contributed by atoms with E-state index in [4.69, 9.17) is 9.47 Å². The molecule has 5 nitrogen and oxygen atoms in total. The van der Waals surface area contributed by atoms with Crippen molar-refractivity contribution in [3.63, 3.8) is 0 Å². The van der Waals surface area contributed by atoms with Crippen molar-refractivity contribution in [1.82, 2.24) is 10.2 Å². The fraction of sp³-hybridized carbons (Fsp3) is 0.476. The second kappa shape index (κ2) is 10.3. The van der Waals surface area contributed by atoms with Crippen molar-refractivity contribution in [3.05, 3.63) is 46.2 Å². The van der Waals surface area contributed by atoms with Crippen LogP contribution in [-0.2, 0) is 17.9 Å². The third kappa shape index (κ3) is 5.97. The smallest absolute Gasteiger partial charge is 0.223 e. The fourth-order valence-corrected chi connectivity index (χ4v) is 3.83. The first-order valence-electron chi connectivity index (χ1n) is 9.57. The summed E-state index contributed by atoms with van der Waals surface area (Å²) >= 11 is 1.68. The Kier molecular flexibility index (Phi) is 7.54. The summed E-state index contributed by atoms with van der Waals surface area (Å²) in [7, 11) is 1.65. The van der Waals surface area contributed by atoms with Gasteiger partial charge in [-0.3, -0.25) is 4.79 Å². The van der Waals surface area contributed by atoms with Gasteiger partial charge < -0.3 is 19.7 Å². The highest BCUT2D eigenvalue weighted by molar-refractivity contribution is 7.09. The number of hydrogen-bond acceptors (Lipinski definition) is 5. The first kappa shape index (κ1) is 19.7. The maximum absolute atomic E-state index is 12.2. The van der Waals surface area contributed by atoms with E-state index >= 15 is 0 Å². The third-order valence-electron chi connectivity index (χ3n) is 4.73. The normalized spacial score (nSPS) is 14.2. The standard InChI is InChI=1S/C21H28N2O3S/c1-25-20-14-17(7-8-19(20)26-16-18-6-5-13-27-18)15-22-10-9-21(24)23-11-3-2-4-12-23/h5-8,13-14,22H,2-4,9-12,15-16H2,1H3. The van der Waals surface area contributed by atoms with Crippen LogP contribution in [0.3, 0.4) is 0 Å². The van der Waals surface area contributed by atoms with Crippen molar-refractivity contribution in [2.45, 2.75) is 38.8 Å². The summed E-state index contributed by atoms with van der Waals surface area (Å²) in [5, 5.41) is 5.40.